The van der Waals surface area contributed by atoms with Crippen molar-refractivity contribution in [1.29, 1.82) is 0 Å². The minimum Gasteiger partial charge on any atom is -0.368 e. The molecule has 1 unspecified atom stereocenters. The first-order valence-electron chi connectivity index (χ1n) is 8.13. The summed E-state index contributed by atoms with van der Waals surface area (Å²) in [6.45, 7) is 0.338. The van der Waals surface area contributed by atoms with E-state index in [0.717, 1.165) is 4.31 Å². The molecule has 3 heterocycles. The number of amides is 1. The van der Waals surface area contributed by atoms with Crippen molar-refractivity contribution in [2.75, 3.05) is 10.8 Å². The molecule has 2 saturated heterocycles. The molecule has 2 aromatic rings. The van der Waals surface area contributed by atoms with E-state index in [0.29, 0.717) is 24.3 Å². The van der Waals surface area contributed by atoms with E-state index in [1.165, 1.54) is 14.9 Å². The van der Waals surface area contributed by atoms with Crippen LogP contribution in [0.3, 0.4) is 0 Å². The van der Waals surface area contributed by atoms with Gasteiger partial charge in [0.15, 0.2) is 0 Å². The van der Waals surface area contributed by atoms with Gasteiger partial charge in [-0.05, 0) is 43.2 Å². The molecule has 0 spiro atoms. The number of fused-ring (bicyclic) bond motifs is 1. The van der Waals surface area contributed by atoms with Crippen LogP contribution in [0, 0.1) is 6.42 Å². The normalized spacial score (nSPS) is 24.5. The van der Waals surface area contributed by atoms with Gasteiger partial charge in [-0.25, -0.2) is 4.31 Å². The lowest BCUT2D eigenvalue weighted by molar-refractivity contribution is -0.119. The highest BCUT2D eigenvalue weighted by atomic mass is 32.2. The molecule has 1 amide bonds. The van der Waals surface area contributed by atoms with E-state index in [1.807, 2.05) is 6.42 Å². The largest absolute Gasteiger partial charge is 0.368 e. The van der Waals surface area contributed by atoms with Crippen LogP contribution < -0.4 is 15.6 Å². The highest BCUT2D eigenvalue weighted by molar-refractivity contribution is 7.90. The molecule has 2 atom stereocenters. The fourth-order valence-corrected chi connectivity index (χ4v) is 5.54. The number of nitrogens with zero attached hydrogens (tertiary/aromatic N) is 3. The molecule has 0 saturated carbocycles. The van der Waals surface area contributed by atoms with Gasteiger partial charge in [-0.1, -0.05) is 6.07 Å². The Labute approximate surface area is 150 Å². The first kappa shape index (κ1) is 16.8. The number of carbonyl (C=O) groups is 1. The van der Waals surface area contributed by atoms with E-state index in [1.54, 1.807) is 42.6 Å². The quantitative estimate of drug-likeness (QED) is 0.819. The summed E-state index contributed by atoms with van der Waals surface area (Å²) in [4.78, 5) is 23.9. The molecule has 2 N–H and O–H groups in total. The van der Waals surface area contributed by atoms with Crippen molar-refractivity contribution >= 4 is 21.8 Å². The second-order valence-corrected chi connectivity index (χ2v) is 7.96. The minimum atomic E-state index is -3.83. The lowest BCUT2D eigenvalue weighted by Crippen LogP contribution is -2.47. The van der Waals surface area contributed by atoms with E-state index < -0.39 is 28.2 Å². The summed E-state index contributed by atoms with van der Waals surface area (Å²) in [5, 5.41) is 0. The summed E-state index contributed by atoms with van der Waals surface area (Å²) in [5.74, 6) is -0.692. The number of benzene rings is 1. The van der Waals surface area contributed by atoms with Gasteiger partial charge in [0.1, 0.15) is 6.04 Å². The van der Waals surface area contributed by atoms with Crippen LogP contribution in [0.2, 0.25) is 0 Å². The van der Waals surface area contributed by atoms with E-state index in [-0.39, 0.29) is 5.56 Å². The molecular weight excluding hydrogens is 356 g/mol. The molecule has 1 radical (unpaired) electrons. The lowest BCUT2D eigenvalue weighted by Gasteiger charge is -2.24. The van der Waals surface area contributed by atoms with Crippen molar-refractivity contribution in [3.63, 3.8) is 0 Å². The number of carbonyl (C=O) groups excluding carboxylic acids is 1. The van der Waals surface area contributed by atoms with E-state index >= 15 is 0 Å². The predicted molar refractivity (Wildman–Crippen MR) is 95.8 cm³/mol. The predicted octanol–water partition coefficient (Wildman–Crippen LogP) is 0.0348. The molecule has 0 bridgehead atoms. The van der Waals surface area contributed by atoms with E-state index in [9.17, 15) is 18.0 Å². The Bertz CT molecular complexity index is 1020. The van der Waals surface area contributed by atoms with E-state index in [2.05, 4.69) is 0 Å². The summed E-state index contributed by atoms with van der Waals surface area (Å²) in [7, 11) is -3.83. The Morgan fingerprint density at radius 2 is 1.77 bits per heavy atom. The average Bonchev–Trinajstić information content (AvgIpc) is 3.17. The van der Waals surface area contributed by atoms with Gasteiger partial charge in [0.2, 0.25) is 5.91 Å². The molecule has 1 aromatic heterocycles. The number of hydrogen-bond acceptors (Lipinski definition) is 4. The van der Waals surface area contributed by atoms with Crippen molar-refractivity contribution in [1.82, 2.24) is 8.87 Å². The molecule has 2 aliphatic heterocycles. The highest BCUT2D eigenvalue weighted by Crippen LogP contribution is 2.38. The standard InChI is InChI=1S/C17H17N4O4S/c18-17(23)16-14-4-3-11-20(14)26(24,25)21(16)13-8-6-12(7-9-13)19-10-2-1-5-15(19)22/h1-2,4-10,14,16H,3,11H2,(H2,18,23)/t14-,16?/m1/s1. The second-order valence-electron chi connectivity index (χ2n) is 6.20. The maximum atomic E-state index is 12.9. The van der Waals surface area contributed by atoms with Crippen molar-refractivity contribution in [2.45, 2.75) is 18.5 Å². The molecular formula is C17H17N4O4S. The Morgan fingerprint density at radius 1 is 1.08 bits per heavy atom. The molecule has 9 heteroatoms. The summed E-state index contributed by atoms with van der Waals surface area (Å²) in [6, 6.07) is 9.70. The topological polar surface area (TPSA) is 106 Å². The molecule has 8 nitrogen and oxygen atoms in total. The van der Waals surface area contributed by atoms with Crippen molar-refractivity contribution in [3.8, 4) is 5.69 Å². The molecule has 135 valence electrons. The van der Waals surface area contributed by atoms with Gasteiger partial charge in [0.25, 0.3) is 5.56 Å². The SMILES string of the molecule is NC(=O)C1[C@H]2[CH]CCN2S(=O)(=O)N1c1ccc(-n2ccccc2=O)cc1. The molecule has 1 aromatic carbocycles. The third-order valence-electron chi connectivity index (χ3n) is 4.71. The average molecular weight is 373 g/mol. The van der Waals surface area contributed by atoms with Gasteiger partial charge in [-0.15, -0.1) is 0 Å². The molecule has 4 rings (SSSR count). The third-order valence-corrected chi connectivity index (χ3v) is 6.66. The van der Waals surface area contributed by atoms with Crippen LogP contribution >= 0.6 is 0 Å². The monoisotopic (exact) mass is 373 g/mol. The van der Waals surface area contributed by atoms with Gasteiger partial charge in [-0.3, -0.25) is 14.2 Å². The van der Waals surface area contributed by atoms with Gasteiger partial charge >= 0.3 is 10.2 Å². The van der Waals surface area contributed by atoms with Gasteiger partial charge in [-0.2, -0.15) is 12.7 Å². The number of primary amides is 1. The molecule has 26 heavy (non-hydrogen) atoms. The Balaban J connectivity index is 1.76. The number of pyridine rings is 1. The first-order chi connectivity index (χ1) is 12.4. The van der Waals surface area contributed by atoms with E-state index in [4.69, 9.17) is 5.73 Å². The van der Waals surface area contributed by atoms with Crippen LogP contribution in [0.25, 0.3) is 5.69 Å². The summed E-state index contributed by atoms with van der Waals surface area (Å²) in [6.07, 6.45) is 4.03. The molecule has 2 aliphatic rings. The van der Waals surface area contributed by atoms with Crippen molar-refractivity contribution < 1.29 is 13.2 Å². The summed E-state index contributed by atoms with van der Waals surface area (Å²) in [5.41, 5.74) is 6.24. The first-order valence-corrected chi connectivity index (χ1v) is 9.53. The fraction of sp³-hybridized carbons (Fsp3) is 0.235. The maximum Gasteiger partial charge on any atom is 0.305 e. The number of aromatic nitrogens is 1. The van der Waals surface area contributed by atoms with Gasteiger partial charge in [0.05, 0.1) is 11.7 Å². The van der Waals surface area contributed by atoms with Crippen LogP contribution in [-0.4, -0.2) is 41.8 Å². The molecule has 2 fully saturated rings. The lowest BCUT2D eigenvalue weighted by atomic mass is 10.1. The number of nitrogens with two attached hydrogens (primary N) is 1. The zero-order valence-corrected chi connectivity index (χ0v) is 14.5. The third kappa shape index (κ3) is 2.43. The van der Waals surface area contributed by atoms with Crippen molar-refractivity contribution in [3.05, 3.63) is 65.4 Å². The minimum absolute atomic E-state index is 0.195. The van der Waals surface area contributed by atoms with Crippen LogP contribution in [0.1, 0.15) is 6.42 Å². The Hall–Kier alpha value is -2.65. The van der Waals surface area contributed by atoms with Gasteiger partial charge < -0.3 is 5.73 Å². The van der Waals surface area contributed by atoms with Crippen LogP contribution in [-0.2, 0) is 15.0 Å². The zero-order chi connectivity index (χ0) is 18.5. The summed E-state index contributed by atoms with van der Waals surface area (Å²) < 4.78 is 29.6. The van der Waals surface area contributed by atoms with Crippen LogP contribution in [0.4, 0.5) is 5.69 Å². The van der Waals surface area contributed by atoms with Gasteiger partial charge in [0, 0.05) is 24.5 Å². The van der Waals surface area contributed by atoms with Crippen molar-refractivity contribution in [2.24, 2.45) is 5.73 Å². The zero-order valence-electron chi connectivity index (χ0n) is 13.7. The number of rotatable bonds is 3. The maximum absolute atomic E-state index is 12.9. The highest BCUT2D eigenvalue weighted by Gasteiger charge is 2.55. The summed E-state index contributed by atoms with van der Waals surface area (Å²) >= 11 is 0. The Kier molecular flexibility index (Phi) is 3.85. The Morgan fingerprint density at radius 3 is 2.42 bits per heavy atom. The smallest absolute Gasteiger partial charge is 0.305 e. The number of anilines is 1. The van der Waals surface area contributed by atoms with Crippen LogP contribution in [0.5, 0.6) is 0 Å². The van der Waals surface area contributed by atoms with Crippen LogP contribution in [0.15, 0.2) is 53.5 Å². The second kappa shape index (κ2) is 5.96. The number of hydrogen-bond donors (Lipinski definition) is 1. The molecule has 0 aliphatic carbocycles. The fourth-order valence-electron chi connectivity index (χ4n) is 3.57.